The number of nitrogens with one attached hydrogen (secondary N) is 1. The fourth-order valence-electron chi connectivity index (χ4n) is 4.74. The quantitative estimate of drug-likeness (QED) is 0.577. The van der Waals surface area contributed by atoms with Gasteiger partial charge < -0.3 is 10.2 Å². The average molecular weight is 434 g/mol. The van der Waals surface area contributed by atoms with Gasteiger partial charge in [-0.25, -0.2) is 4.99 Å². The Morgan fingerprint density at radius 2 is 1.97 bits per heavy atom. The molecule has 4 nitrogen and oxygen atoms in total. The van der Waals surface area contributed by atoms with Gasteiger partial charge >= 0.3 is 0 Å². The SMILES string of the molecule is CCN1c2ccc(/C=C3\SC(=Nc4ccc(C)c(C)c4)NC3=O)cc2C(C)CC1(C)C. The Morgan fingerprint density at radius 3 is 2.68 bits per heavy atom. The van der Waals surface area contributed by atoms with Gasteiger partial charge in [-0.05, 0) is 111 Å². The Kier molecular flexibility index (Phi) is 5.73. The summed E-state index contributed by atoms with van der Waals surface area (Å²) in [7, 11) is 0. The molecule has 1 amide bonds. The third-order valence-electron chi connectivity index (χ3n) is 6.40. The largest absolute Gasteiger partial charge is 0.366 e. The number of amides is 1. The van der Waals surface area contributed by atoms with Crippen molar-refractivity contribution in [3.63, 3.8) is 0 Å². The molecule has 31 heavy (non-hydrogen) atoms. The molecular formula is C26H31N3OS. The molecule has 0 aromatic heterocycles. The lowest BCUT2D eigenvalue weighted by Crippen LogP contribution is -2.48. The monoisotopic (exact) mass is 433 g/mol. The van der Waals surface area contributed by atoms with Crippen molar-refractivity contribution in [2.45, 2.75) is 59.4 Å². The number of rotatable bonds is 3. The van der Waals surface area contributed by atoms with E-state index in [0.29, 0.717) is 16.0 Å². The molecule has 1 saturated heterocycles. The number of amidine groups is 1. The smallest absolute Gasteiger partial charge is 0.264 e. The molecule has 1 unspecified atom stereocenters. The maximum Gasteiger partial charge on any atom is 0.264 e. The lowest BCUT2D eigenvalue weighted by molar-refractivity contribution is -0.115. The molecule has 2 aromatic rings. The van der Waals surface area contributed by atoms with Gasteiger partial charge in [-0.2, -0.15) is 0 Å². The highest BCUT2D eigenvalue weighted by Gasteiger charge is 2.35. The molecule has 5 heteroatoms. The topological polar surface area (TPSA) is 44.7 Å². The second-order valence-corrected chi connectivity index (χ2v) is 10.3. The highest BCUT2D eigenvalue weighted by Crippen LogP contribution is 2.43. The predicted octanol–water partition coefficient (Wildman–Crippen LogP) is 6.31. The first kappa shape index (κ1) is 21.7. The summed E-state index contributed by atoms with van der Waals surface area (Å²) in [5.41, 5.74) is 7.18. The molecule has 0 bridgehead atoms. The normalized spacial score (nSPS) is 22.7. The van der Waals surface area contributed by atoms with E-state index in [1.165, 1.54) is 34.1 Å². The molecule has 1 atom stereocenters. The van der Waals surface area contributed by atoms with Crippen molar-refractivity contribution in [3.05, 3.63) is 63.6 Å². The van der Waals surface area contributed by atoms with E-state index in [1.54, 1.807) is 0 Å². The van der Waals surface area contributed by atoms with Crippen LogP contribution in [0.25, 0.3) is 6.08 Å². The fraction of sp³-hybridized carbons (Fsp3) is 0.385. The number of thioether (sulfide) groups is 1. The number of carbonyl (C=O) groups excluding carboxylic acids is 1. The van der Waals surface area contributed by atoms with E-state index in [2.05, 4.69) is 81.0 Å². The van der Waals surface area contributed by atoms with Crippen LogP contribution in [0.15, 0.2) is 46.3 Å². The third-order valence-corrected chi connectivity index (χ3v) is 7.31. The first-order chi connectivity index (χ1) is 14.7. The summed E-state index contributed by atoms with van der Waals surface area (Å²) in [6.07, 6.45) is 3.10. The zero-order chi connectivity index (χ0) is 22.3. The van der Waals surface area contributed by atoms with Crippen molar-refractivity contribution in [2.24, 2.45) is 4.99 Å². The average Bonchev–Trinajstić information content (AvgIpc) is 3.03. The molecular weight excluding hydrogens is 402 g/mol. The highest BCUT2D eigenvalue weighted by molar-refractivity contribution is 8.18. The number of hydrogen-bond acceptors (Lipinski definition) is 4. The Bertz CT molecular complexity index is 1100. The van der Waals surface area contributed by atoms with Gasteiger partial charge in [0.2, 0.25) is 0 Å². The van der Waals surface area contributed by atoms with Gasteiger partial charge in [0.05, 0.1) is 10.6 Å². The number of aliphatic imine (C=N–C) groups is 1. The second-order valence-electron chi connectivity index (χ2n) is 9.23. The van der Waals surface area contributed by atoms with E-state index in [1.807, 2.05) is 18.2 Å². The molecule has 2 aromatic carbocycles. The van der Waals surface area contributed by atoms with E-state index < -0.39 is 0 Å². The van der Waals surface area contributed by atoms with Crippen molar-refractivity contribution in [1.29, 1.82) is 0 Å². The number of hydrogen-bond donors (Lipinski definition) is 1. The van der Waals surface area contributed by atoms with Gasteiger partial charge in [-0.15, -0.1) is 0 Å². The summed E-state index contributed by atoms with van der Waals surface area (Å²) in [5, 5.41) is 3.53. The summed E-state index contributed by atoms with van der Waals surface area (Å²) < 4.78 is 0. The molecule has 0 radical (unpaired) electrons. The van der Waals surface area contributed by atoms with Crippen molar-refractivity contribution in [3.8, 4) is 0 Å². The lowest BCUT2D eigenvalue weighted by atomic mass is 9.79. The van der Waals surface area contributed by atoms with E-state index in [4.69, 9.17) is 0 Å². The van der Waals surface area contributed by atoms with E-state index >= 15 is 0 Å². The lowest BCUT2D eigenvalue weighted by Gasteiger charge is -2.47. The van der Waals surface area contributed by atoms with Crippen molar-refractivity contribution in [1.82, 2.24) is 5.32 Å². The number of anilines is 1. The van der Waals surface area contributed by atoms with Crippen LogP contribution in [0, 0.1) is 13.8 Å². The molecule has 2 aliphatic rings. The molecule has 2 heterocycles. The van der Waals surface area contributed by atoms with Gasteiger partial charge in [0.25, 0.3) is 5.91 Å². The van der Waals surface area contributed by atoms with Crippen LogP contribution in [-0.4, -0.2) is 23.2 Å². The highest BCUT2D eigenvalue weighted by atomic mass is 32.2. The summed E-state index contributed by atoms with van der Waals surface area (Å²) in [5.74, 6) is 0.396. The Hall–Kier alpha value is -2.53. The van der Waals surface area contributed by atoms with Crippen LogP contribution in [0.1, 0.15) is 62.3 Å². The molecule has 0 aliphatic carbocycles. The van der Waals surface area contributed by atoms with E-state index in [-0.39, 0.29) is 11.4 Å². The number of benzene rings is 2. The predicted molar refractivity (Wildman–Crippen MR) is 133 cm³/mol. The van der Waals surface area contributed by atoms with Gasteiger partial charge in [0.15, 0.2) is 5.17 Å². The maximum absolute atomic E-state index is 12.5. The third kappa shape index (κ3) is 4.29. The standard InChI is InChI=1S/C26H31N3OS/c1-7-29-22-11-9-19(13-21(22)18(4)15-26(29,5)6)14-23-24(30)28-25(31-23)27-20-10-8-16(2)17(3)12-20/h8-14,18H,7,15H2,1-6H3,(H,27,28,30)/b23-14-. The zero-order valence-corrected chi connectivity index (χ0v) is 20.1. The minimum atomic E-state index is -0.0883. The van der Waals surface area contributed by atoms with Gasteiger partial charge in [-0.1, -0.05) is 19.1 Å². The van der Waals surface area contributed by atoms with Crippen LogP contribution in [0.3, 0.4) is 0 Å². The molecule has 2 aliphatic heterocycles. The molecule has 4 rings (SSSR count). The van der Waals surface area contributed by atoms with Gasteiger partial charge in [0, 0.05) is 17.8 Å². The van der Waals surface area contributed by atoms with Gasteiger partial charge in [0.1, 0.15) is 0 Å². The van der Waals surface area contributed by atoms with Crippen molar-refractivity contribution < 1.29 is 4.79 Å². The first-order valence-corrected chi connectivity index (χ1v) is 11.8. The van der Waals surface area contributed by atoms with Crippen LogP contribution in [-0.2, 0) is 4.79 Å². The van der Waals surface area contributed by atoms with Crippen LogP contribution in [0.5, 0.6) is 0 Å². The minimum Gasteiger partial charge on any atom is -0.366 e. The van der Waals surface area contributed by atoms with Crippen LogP contribution in [0.2, 0.25) is 0 Å². The van der Waals surface area contributed by atoms with Crippen LogP contribution >= 0.6 is 11.8 Å². The summed E-state index contributed by atoms with van der Waals surface area (Å²) in [6, 6.07) is 12.7. The Morgan fingerprint density at radius 1 is 1.19 bits per heavy atom. The van der Waals surface area contributed by atoms with Gasteiger partial charge in [-0.3, -0.25) is 4.79 Å². The molecule has 0 spiro atoms. The Labute approximate surface area is 189 Å². The number of fused-ring (bicyclic) bond motifs is 1. The van der Waals surface area contributed by atoms with Crippen LogP contribution in [0.4, 0.5) is 11.4 Å². The molecule has 1 fully saturated rings. The van der Waals surface area contributed by atoms with Crippen molar-refractivity contribution >= 4 is 40.3 Å². The Balaban J connectivity index is 1.61. The fourth-order valence-corrected chi connectivity index (χ4v) is 5.58. The van der Waals surface area contributed by atoms with Crippen molar-refractivity contribution in [2.75, 3.05) is 11.4 Å². The zero-order valence-electron chi connectivity index (χ0n) is 19.2. The first-order valence-electron chi connectivity index (χ1n) is 11.0. The minimum absolute atomic E-state index is 0.0883. The van der Waals surface area contributed by atoms with E-state index in [9.17, 15) is 4.79 Å². The second kappa shape index (κ2) is 8.19. The summed E-state index contributed by atoms with van der Waals surface area (Å²) in [4.78, 5) is 20.3. The summed E-state index contributed by atoms with van der Waals surface area (Å²) in [6.45, 7) is 14.3. The van der Waals surface area contributed by atoms with E-state index in [0.717, 1.165) is 24.2 Å². The molecule has 0 saturated carbocycles. The molecule has 1 N–H and O–H groups in total. The number of carbonyl (C=O) groups is 1. The summed E-state index contributed by atoms with van der Waals surface area (Å²) >= 11 is 1.40. The molecule has 162 valence electrons. The number of aryl methyl sites for hydroxylation is 2. The maximum atomic E-state index is 12.5. The number of nitrogens with zero attached hydrogens (tertiary/aromatic N) is 2. The van der Waals surface area contributed by atoms with Crippen LogP contribution < -0.4 is 10.2 Å².